The van der Waals surface area contributed by atoms with Gasteiger partial charge >= 0.3 is 11.9 Å². The lowest BCUT2D eigenvalue weighted by Gasteiger charge is -2.74. The van der Waals surface area contributed by atoms with Gasteiger partial charge in [-0.15, -0.1) is 0 Å². The maximum absolute atomic E-state index is 13.4. The fraction of sp³-hybridized carbons (Fsp3) is 0.818. The summed E-state index contributed by atoms with van der Waals surface area (Å²) in [5, 5.41) is 25.7. The van der Waals surface area contributed by atoms with Crippen molar-refractivity contribution < 1.29 is 29.3 Å². The predicted octanol–water partition coefficient (Wildman–Crippen LogP) is 5.90. The molecule has 5 aliphatic rings. The van der Waals surface area contributed by atoms with Gasteiger partial charge in [0.2, 0.25) is 0 Å². The summed E-state index contributed by atoms with van der Waals surface area (Å²) >= 11 is 0. The van der Waals surface area contributed by atoms with Gasteiger partial charge in [0, 0.05) is 29.7 Å². The Balaban J connectivity index is 1.70. The van der Waals surface area contributed by atoms with Crippen molar-refractivity contribution in [1.82, 2.24) is 0 Å². The van der Waals surface area contributed by atoms with E-state index in [9.17, 15) is 19.8 Å². The Morgan fingerprint density at radius 1 is 1.21 bits per heavy atom. The van der Waals surface area contributed by atoms with Gasteiger partial charge in [0.25, 0.3) is 0 Å². The highest BCUT2D eigenvalue weighted by Crippen LogP contribution is 2.74. The predicted molar refractivity (Wildman–Crippen MR) is 149 cm³/mol. The van der Waals surface area contributed by atoms with E-state index >= 15 is 0 Å². The second kappa shape index (κ2) is 10.3. The molecule has 0 aromatic rings. The number of aliphatic hydroxyl groups excluding tert-OH is 1. The number of fused-ring (bicyclic) bond motifs is 1. The Hall–Kier alpha value is -1.66. The first-order chi connectivity index (χ1) is 18.4. The number of aliphatic hydroxyl groups is 2. The Morgan fingerprint density at radius 3 is 2.54 bits per heavy atom. The standard InChI is InChI=1S/C33H50O6/c1-21(2)10-11-25-13-15-30(4)19-26(39-22(3)34)29-31(5,24-8-6-7-9-24)16-14-27(35)33(25,29)32(30,37)17-12-23-18-28(36)38-20-23/h13,15,18,21,24-27,29,35,37H,6-12,14,16-17,19-20H2,1-5H3. The van der Waals surface area contributed by atoms with Gasteiger partial charge in [-0.25, -0.2) is 4.79 Å². The second-order valence-electron chi connectivity index (χ2n) is 14.4. The summed E-state index contributed by atoms with van der Waals surface area (Å²) in [6.45, 7) is 10.7. The third-order valence-electron chi connectivity index (χ3n) is 11.9. The molecule has 1 spiro atoms. The summed E-state index contributed by atoms with van der Waals surface area (Å²) in [5.74, 6) is 0.184. The number of rotatable bonds is 8. The molecule has 2 bridgehead atoms. The van der Waals surface area contributed by atoms with E-state index in [1.54, 1.807) is 6.08 Å². The molecule has 3 fully saturated rings. The number of carbonyl (C=O) groups is 2. The van der Waals surface area contributed by atoms with Gasteiger partial charge in [-0.05, 0) is 80.1 Å². The molecular weight excluding hydrogens is 492 g/mol. The molecule has 2 N–H and O–H groups in total. The van der Waals surface area contributed by atoms with E-state index in [1.807, 2.05) is 0 Å². The molecule has 0 aromatic carbocycles. The van der Waals surface area contributed by atoms with Crippen molar-refractivity contribution in [2.45, 2.75) is 123 Å². The van der Waals surface area contributed by atoms with Gasteiger partial charge in [-0.1, -0.05) is 59.1 Å². The summed E-state index contributed by atoms with van der Waals surface area (Å²) < 4.78 is 11.4. The van der Waals surface area contributed by atoms with Crippen LogP contribution in [0, 0.1) is 39.9 Å². The van der Waals surface area contributed by atoms with Gasteiger partial charge in [0.15, 0.2) is 0 Å². The van der Waals surface area contributed by atoms with E-state index in [2.05, 4.69) is 39.8 Å². The van der Waals surface area contributed by atoms with Crippen LogP contribution in [-0.2, 0) is 19.1 Å². The Morgan fingerprint density at radius 2 is 1.92 bits per heavy atom. The molecule has 6 heteroatoms. The third-order valence-corrected chi connectivity index (χ3v) is 11.9. The zero-order valence-corrected chi connectivity index (χ0v) is 24.7. The first kappa shape index (κ1) is 28.9. The van der Waals surface area contributed by atoms with Crippen LogP contribution in [0.15, 0.2) is 23.8 Å². The van der Waals surface area contributed by atoms with Crippen LogP contribution in [0.5, 0.6) is 0 Å². The normalized spacial score (nSPS) is 43.8. The van der Waals surface area contributed by atoms with Crippen molar-refractivity contribution >= 4 is 11.9 Å². The van der Waals surface area contributed by atoms with Gasteiger partial charge in [-0.2, -0.15) is 0 Å². The fourth-order valence-corrected chi connectivity index (χ4v) is 10.2. The van der Waals surface area contributed by atoms with Gasteiger partial charge in [0.1, 0.15) is 12.7 Å². The van der Waals surface area contributed by atoms with E-state index < -0.39 is 22.5 Å². The van der Waals surface area contributed by atoms with Crippen molar-refractivity contribution in [1.29, 1.82) is 0 Å². The minimum atomic E-state index is -1.23. The maximum atomic E-state index is 13.4. The summed E-state index contributed by atoms with van der Waals surface area (Å²) in [6, 6.07) is 0. The van der Waals surface area contributed by atoms with E-state index in [0.717, 1.165) is 37.7 Å². The molecule has 0 radical (unpaired) electrons. The average Bonchev–Trinajstić information content (AvgIpc) is 3.54. The van der Waals surface area contributed by atoms with Crippen molar-refractivity contribution in [3.63, 3.8) is 0 Å². The number of ether oxygens (including phenoxy) is 2. The first-order valence-corrected chi connectivity index (χ1v) is 15.5. The molecule has 0 saturated heterocycles. The van der Waals surface area contributed by atoms with Crippen molar-refractivity contribution in [2.24, 2.45) is 39.9 Å². The summed E-state index contributed by atoms with van der Waals surface area (Å²) in [4.78, 5) is 24.4. The van der Waals surface area contributed by atoms with Gasteiger partial charge in [-0.3, -0.25) is 4.79 Å². The Kier molecular flexibility index (Phi) is 7.63. The number of allylic oxidation sites excluding steroid dienone is 1. The van der Waals surface area contributed by atoms with Crippen LogP contribution in [0.4, 0.5) is 0 Å². The molecule has 5 rings (SSSR count). The highest BCUT2D eigenvalue weighted by molar-refractivity contribution is 5.85. The highest BCUT2D eigenvalue weighted by atomic mass is 16.5. The molecular formula is C33H50O6. The molecule has 1 aliphatic heterocycles. The van der Waals surface area contributed by atoms with E-state index in [-0.39, 0.29) is 41.9 Å². The monoisotopic (exact) mass is 542 g/mol. The first-order valence-electron chi connectivity index (χ1n) is 15.5. The molecule has 1 heterocycles. The molecule has 218 valence electrons. The average molecular weight is 543 g/mol. The minimum absolute atomic E-state index is 0.0344. The largest absolute Gasteiger partial charge is 0.462 e. The molecule has 4 aliphatic carbocycles. The van der Waals surface area contributed by atoms with Crippen LogP contribution in [0.2, 0.25) is 0 Å². The van der Waals surface area contributed by atoms with Crippen LogP contribution >= 0.6 is 0 Å². The highest BCUT2D eigenvalue weighted by Gasteiger charge is 2.77. The quantitative estimate of drug-likeness (QED) is 0.293. The summed E-state index contributed by atoms with van der Waals surface area (Å²) in [6.07, 6.45) is 14.6. The lowest BCUT2D eigenvalue weighted by molar-refractivity contribution is -0.331. The molecule has 8 unspecified atom stereocenters. The second-order valence-corrected chi connectivity index (χ2v) is 14.4. The zero-order valence-electron chi connectivity index (χ0n) is 24.7. The van der Waals surface area contributed by atoms with Crippen LogP contribution in [0.25, 0.3) is 0 Å². The lowest BCUT2D eigenvalue weighted by Crippen LogP contribution is -2.79. The fourth-order valence-electron chi connectivity index (χ4n) is 10.2. The van der Waals surface area contributed by atoms with Crippen molar-refractivity contribution in [3.05, 3.63) is 23.8 Å². The lowest BCUT2D eigenvalue weighted by atomic mass is 9.32. The van der Waals surface area contributed by atoms with Gasteiger partial charge < -0.3 is 19.7 Å². The van der Waals surface area contributed by atoms with Crippen LogP contribution in [0.3, 0.4) is 0 Å². The molecule has 39 heavy (non-hydrogen) atoms. The third kappa shape index (κ3) is 4.43. The molecule has 0 amide bonds. The van der Waals surface area contributed by atoms with E-state index in [0.29, 0.717) is 37.5 Å². The number of cyclic esters (lactones) is 1. The molecule has 6 nitrogen and oxygen atoms in total. The van der Waals surface area contributed by atoms with Crippen LogP contribution in [-0.4, -0.2) is 46.6 Å². The van der Waals surface area contributed by atoms with Crippen LogP contribution < -0.4 is 0 Å². The molecule has 0 aromatic heterocycles. The minimum Gasteiger partial charge on any atom is -0.462 e. The summed E-state index contributed by atoms with van der Waals surface area (Å²) in [5.41, 5.74) is -2.03. The number of hydrogen-bond donors (Lipinski definition) is 2. The SMILES string of the molecule is CC(=O)OC1CC2(C)C=CC(CCC(C)C)C3(C(O)CCC(C)(C4CCCC4)C13)C2(O)CCC1=CC(=O)OC1. The Bertz CT molecular complexity index is 1030. The molecule has 8 atom stereocenters. The topological polar surface area (TPSA) is 93.1 Å². The van der Waals surface area contributed by atoms with E-state index in [1.165, 1.54) is 19.8 Å². The van der Waals surface area contributed by atoms with Crippen LogP contribution in [0.1, 0.15) is 105 Å². The Labute approximate surface area is 234 Å². The van der Waals surface area contributed by atoms with E-state index in [4.69, 9.17) is 9.47 Å². The van der Waals surface area contributed by atoms with Gasteiger partial charge in [0.05, 0.1) is 11.7 Å². The van der Waals surface area contributed by atoms with Crippen molar-refractivity contribution in [2.75, 3.05) is 6.61 Å². The number of esters is 2. The maximum Gasteiger partial charge on any atom is 0.331 e. The molecule has 3 saturated carbocycles. The smallest absolute Gasteiger partial charge is 0.331 e. The van der Waals surface area contributed by atoms with Crippen molar-refractivity contribution in [3.8, 4) is 0 Å². The summed E-state index contributed by atoms with van der Waals surface area (Å²) in [7, 11) is 0. The number of carbonyl (C=O) groups excluding carboxylic acids is 2. The number of hydrogen-bond acceptors (Lipinski definition) is 6. The zero-order chi connectivity index (χ0) is 28.2.